The van der Waals surface area contributed by atoms with Crippen LogP contribution in [-0.4, -0.2) is 43.9 Å². The molecule has 1 atom stereocenters. The van der Waals surface area contributed by atoms with Gasteiger partial charge in [0.25, 0.3) is 0 Å². The molecule has 0 fully saturated rings. The Bertz CT molecular complexity index is 231. The highest BCUT2D eigenvalue weighted by atomic mass is 16.2. The number of hydrogen-bond donors (Lipinski definition) is 2. The van der Waals surface area contributed by atoms with Crippen LogP contribution in [0.5, 0.6) is 0 Å². The summed E-state index contributed by atoms with van der Waals surface area (Å²) >= 11 is 0. The van der Waals surface area contributed by atoms with Crippen molar-refractivity contribution in [3.63, 3.8) is 0 Å². The van der Waals surface area contributed by atoms with Crippen molar-refractivity contribution in [2.75, 3.05) is 27.2 Å². The molecule has 0 aliphatic heterocycles. The predicted octanol–water partition coefficient (Wildman–Crippen LogP) is -0.0441. The summed E-state index contributed by atoms with van der Waals surface area (Å²) in [5.41, 5.74) is 5.39. The summed E-state index contributed by atoms with van der Waals surface area (Å²) in [6.45, 7) is 2.97. The quantitative estimate of drug-likeness (QED) is 0.643. The lowest BCUT2D eigenvalue weighted by Crippen LogP contribution is -2.35. The van der Waals surface area contributed by atoms with Crippen LogP contribution < -0.4 is 11.1 Å². The van der Waals surface area contributed by atoms with Crippen molar-refractivity contribution in [3.05, 3.63) is 0 Å². The summed E-state index contributed by atoms with van der Waals surface area (Å²) < 4.78 is 0. The average Bonchev–Trinajstić information content (AvgIpc) is 2.31. The standard InChI is InChI=1S/C11H23N3O2/c1-9(5-4-7-12)11(16)14(3)8-6-10(15)13-2/h9H,4-8,12H2,1-3H3,(H,13,15). The second kappa shape index (κ2) is 8.10. The third-order valence-corrected chi connectivity index (χ3v) is 2.59. The number of carbonyl (C=O) groups excluding carboxylic acids is 2. The van der Waals surface area contributed by atoms with E-state index in [4.69, 9.17) is 5.73 Å². The van der Waals surface area contributed by atoms with Crippen LogP contribution in [0, 0.1) is 5.92 Å². The first kappa shape index (κ1) is 14.9. The number of nitrogens with two attached hydrogens (primary N) is 1. The molecular weight excluding hydrogens is 206 g/mol. The molecule has 16 heavy (non-hydrogen) atoms. The average molecular weight is 229 g/mol. The van der Waals surface area contributed by atoms with Gasteiger partial charge in [0.15, 0.2) is 0 Å². The van der Waals surface area contributed by atoms with Gasteiger partial charge in [-0.1, -0.05) is 6.92 Å². The Morgan fingerprint density at radius 3 is 2.56 bits per heavy atom. The zero-order valence-corrected chi connectivity index (χ0v) is 10.5. The van der Waals surface area contributed by atoms with E-state index in [-0.39, 0.29) is 17.7 Å². The maximum absolute atomic E-state index is 11.8. The molecule has 5 heteroatoms. The van der Waals surface area contributed by atoms with Gasteiger partial charge in [-0.2, -0.15) is 0 Å². The monoisotopic (exact) mass is 229 g/mol. The number of amides is 2. The summed E-state index contributed by atoms with van der Waals surface area (Å²) in [4.78, 5) is 24.4. The van der Waals surface area contributed by atoms with E-state index in [2.05, 4.69) is 5.32 Å². The summed E-state index contributed by atoms with van der Waals surface area (Å²) in [6, 6.07) is 0. The van der Waals surface area contributed by atoms with Crippen molar-refractivity contribution in [2.24, 2.45) is 11.7 Å². The minimum Gasteiger partial charge on any atom is -0.359 e. The predicted molar refractivity (Wildman–Crippen MR) is 63.8 cm³/mol. The van der Waals surface area contributed by atoms with Crippen molar-refractivity contribution in [1.29, 1.82) is 0 Å². The molecule has 0 aromatic rings. The highest BCUT2D eigenvalue weighted by Gasteiger charge is 2.17. The van der Waals surface area contributed by atoms with Crippen LogP contribution >= 0.6 is 0 Å². The van der Waals surface area contributed by atoms with E-state index in [9.17, 15) is 9.59 Å². The summed E-state index contributed by atoms with van der Waals surface area (Å²) in [5.74, 6) is 0.0184. The summed E-state index contributed by atoms with van der Waals surface area (Å²) in [5, 5.41) is 2.53. The van der Waals surface area contributed by atoms with Gasteiger partial charge in [-0.05, 0) is 19.4 Å². The number of nitrogens with one attached hydrogen (secondary N) is 1. The lowest BCUT2D eigenvalue weighted by atomic mass is 10.0. The SMILES string of the molecule is CNC(=O)CCN(C)C(=O)C(C)CCCN. The van der Waals surface area contributed by atoms with Gasteiger partial charge in [0.1, 0.15) is 0 Å². The van der Waals surface area contributed by atoms with E-state index in [1.54, 1.807) is 19.0 Å². The van der Waals surface area contributed by atoms with E-state index < -0.39 is 0 Å². The van der Waals surface area contributed by atoms with Crippen LogP contribution in [0.25, 0.3) is 0 Å². The van der Waals surface area contributed by atoms with Gasteiger partial charge in [0.05, 0.1) is 0 Å². The topological polar surface area (TPSA) is 75.4 Å². The molecule has 0 radical (unpaired) electrons. The molecule has 0 spiro atoms. The molecule has 0 aliphatic carbocycles. The summed E-state index contributed by atoms with van der Waals surface area (Å²) in [6.07, 6.45) is 2.01. The van der Waals surface area contributed by atoms with Crippen LogP contribution in [0.3, 0.4) is 0 Å². The van der Waals surface area contributed by atoms with Crippen molar-refractivity contribution in [2.45, 2.75) is 26.2 Å². The normalized spacial score (nSPS) is 12.0. The second-order valence-electron chi connectivity index (χ2n) is 4.01. The first-order valence-electron chi connectivity index (χ1n) is 5.68. The zero-order chi connectivity index (χ0) is 12.6. The fourth-order valence-electron chi connectivity index (χ4n) is 1.43. The van der Waals surface area contributed by atoms with Crippen molar-refractivity contribution >= 4 is 11.8 Å². The molecule has 0 aromatic carbocycles. The number of nitrogens with zero attached hydrogens (tertiary/aromatic N) is 1. The first-order valence-corrected chi connectivity index (χ1v) is 5.68. The molecule has 94 valence electrons. The summed E-state index contributed by atoms with van der Waals surface area (Å²) in [7, 11) is 3.32. The molecule has 0 bridgehead atoms. The van der Waals surface area contributed by atoms with E-state index in [0.717, 1.165) is 12.8 Å². The fraction of sp³-hybridized carbons (Fsp3) is 0.818. The third-order valence-electron chi connectivity index (χ3n) is 2.59. The first-order chi connectivity index (χ1) is 7.52. The Balaban J connectivity index is 3.92. The van der Waals surface area contributed by atoms with Gasteiger partial charge < -0.3 is 16.0 Å². The maximum Gasteiger partial charge on any atom is 0.225 e. The maximum atomic E-state index is 11.8. The third kappa shape index (κ3) is 5.70. The van der Waals surface area contributed by atoms with Crippen molar-refractivity contribution < 1.29 is 9.59 Å². The number of rotatable bonds is 7. The zero-order valence-electron chi connectivity index (χ0n) is 10.5. The van der Waals surface area contributed by atoms with Crippen molar-refractivity contribution in [3.8, 4) is 0 Å². The molecule has 2 amide bonds. The Kier molecular flexibility index (Phi) is 7.54. The Morgan fingerprint density at radius 2 is 2.06 bits per heavy atom. The Morgan fingerprint density at radius 1 is 1.44 bits per heavy atom. The molecule has 0 saturated heterocycles. The van der Waals surface area contributed by atoms with Gasteiger partial charge >= 0.3 is 0 Å². The smallest absolute Gasteiger partial charge is 0.225 e. The Hall–Kier alpha value is -1.10. The van der Waals surface area contributed by atoms with Crippen LogP contribution in [0.15, 0.2) is 0 Å². The van der Waals surface area contributed by atoms with Gasteiger partial charge in [0.2, 0.25) is 11.8 Å². The van der Waals surface area contributed by atoms with E-state index in [0.29, 0.717) is 19.5 Å². The highest BCUT2D eigenvalue weighted by Crippen LogP contribution is 2.08. The minimum atomic E-state index is -0.0470. The van der Waals surface area contributed by atoms with E-state index >= 15 is 0 Å². The van der Waals surface area contributed by atoms with Crippen molar-refractivity contribution in [1.82, 2.24) is 10.2 Å². The highest BCUT2D eigenvalue weighted by molar-refractivity contribution is 5.80. The molecule has 0 heterocycles. The van der Waals surface area contributed by atoms with Crippen LogP contribution in [-0.2, 0) is 9.59 Å². The number of carbonyl (C=O) groups is 2. The van der Waals surface area contributed by atoms with Gasteiger partial charge in [-0.3, -0.25) is 9.59 Å². The van der Waals surface area contributed by atoms with Crippen LogP contribution in [0.1, 0.15) is 26.2 Å². The minimum absolute atomic E-state index is 0.0155. The largest absolute Gasteiger partial charge is 0.359 e. The molecular formula is C11H23N3O2. The van der Waals surface area contributed by atoms with Gasteiger partial charge in [-0.15, -0.1) is 0 Å². The molecule has 0 aromatic heterocycles. The van der Waals surface area contributed by atoms with E-state index in [1.807, 2.05) is 6.92 Å². The lowest BCUT2D eigenvalue weighted by molar-refractivity contribution is -0.134. The van der Waals surface area contributed by atoms with Gasteiger partial charge in [0, 0.05) is 33.0 Å². The lowest BCUT2D eigenvalue weighted by Gasteiger charge is -2.20. The molecule has 0 saturated carbocycles. The number of hydrogen-bond acceptors (Lipinski definition) is 3. The molecule has 1 unspecified atom stereocenters. The fourth-order valence-corrected chi connectivity index (χ4v) is 1.43. The Labute approximate surface area is 97.4 Å². The molecule has 5 nitrogen and oxygen atoms in total. The molecule has 3 N–H and O–H groups in total. The van der Waals surface area contributed by atoms with Crippen LogP contribution in [0.4, 0.5) is 0 Å². The van der Waals surface area contributed by atoms with Gasteiger partial charge in [-0.25, -0.2) is 0 Å². The van der Waals surface area contributed by atoms with Crippen LogP contribution in [0.2, 0.25) is 0 Å². The second-order valence-corrected chi connectivity index (χ2v) is 4.01. The van der Waals surface area contributed by atoms with E-state index in [1.165, 1.54) is 0 Å². The molecule has 0 aliphatic rings. The molecule has 0 rings (SSSR count).